The van der Waals surface area contributed by atoms with Crippen molar-refractivity contribution >= 4 is 6.03 Å². The highest BCUT2D eigenvalue weighted by Gasteiger charge is 2.31. The van der Waals surface area contributed by atoms with Crippen molar-refractivity contribution in [1.29, 1.82) is 0 Å². The van der Waals surface area contributed by atoms with Crippen LogP contribution in [0.1, 0.15) is 11.3 Å². The van der Waals surface area contributed by atoms with E-state index in [2.05, 4.69) is 26.8 Å². The SMILES string of the molecule is Cc1cnc(-c2ccncc2)n1CC1CN(C(=O)NCc2ccccc2)C1. The summed E-state index contributed by atoms with van der Waals surface area (Å²) in [6, 6.07) is 13.9. The van der Waals surface area contributed by atoms with E-state index in [4.69, 9.17) is 0 Å². The highest BCUT2D eigenvalue weighted by Crippen LogP contribution is 2.24. The second-order valence-corrected chi connectivity index (χ2v) is 6.98. The van der Waals surface area contributed by atoms with E-state index in [0.717, 1.165) is 42.3 Å². The van der Waals surface area contributed by atoms with Gasteiger partial charge in [0.25, 0.3) is 0 Å². The Labute approximate surface area is 158 Å². The van der Waals surface area contributed by atoms with Crippen molar-refractivity contribution in [3.05, 3.63) is 72.3 Å². The molecule has 3 aromatic rings. The quantitative estimate of drug-likeness (QED) is 0.760. The van der Waals surface area contributed by atoms with Crippen LogP contribution in [0.25, 0.3) is 11.4 Å². The lowest BCUT2D eigenvalue weighted by atomic mass is 10.0. The minimum atomic E-state index is 0.00631. The third-order valence-electron chi connectivity index (χ3n) is 4.97. The molecule has 0 unspecified atom stereocenters. The summed E-state index contributed by atoms with van der Waals surface area (Å²) in [7, 11) is 0. The van der Waals surface area contributed by atoms with Crippen LogP contribution in [0.5, 0.6) is 0 Å². The van der Waals surface area contributed by atoms with Gasteiger partial charge in [-0.25, -0.2) is 9.78 Å². The minimum absolute atomic E-state index is 0.00631. The molecule has 0 spiro atoms. The molecule has 0 aliphatic carbocycles. The molecule has 1 N–H and O–H groups in total. The smallest absolute Gasteiger partial charge is 0.317 e. The number of likely N-dealkylation sites (tertiary alicyclic amines) is 1. The average molecular weight is 361 g/mol. The Kier molecular flexibility index (Phi) is 4.87. The summed E-state index contributed by atoms with van der Waals surface area (Å²) in [5.41, 5.74) is 3.31. The summed E-state index contributed by atoms with van der Waals surface area (Å²) >= 11 is 0. The number of aromatic nitrogens is 3. The van der Waals surface area contributed by atoms with E-state index in [1.54, 1.807) is 12.4 Å². The molecule has 2 aromatic heterocycles. The van der Waals surface area contributed by atoms with Crippen molar-refractivity contribution in [2.45, 2.75) is 20.0 Å². The van der Waals surface area contributed by atoms with Crippen LogP contribution in [0.2, 0.25) is 0 Å². The maximum Gasteiger partial charge on any atom is 0.317 e. The molecule has 1 aromatic carbocycles. The predicted molar refractivity (Wildman–Crippen MR) is 104 cm³/mol. The van der Waals surface area contributed by atoms with Gasteiger partial charge in [0, 0.05) is 61.9 Å². The number of nitrogens with one attached hydrogen (secondary N) is 1. The van der Waals surface area contributed by atoms with Gasteiger partial charge in [-0.1, -0.05) is 30.3 Å². The maximum atomic E-state index is 12.3. The zero-order chi connectivity index (χ0) is 18.6. The monoisotopic (exact) mass is 361 g/mol. The minimum Gasteiger partial charge on any atom is -0.334 e. The number of hydrogen-bond donors (Lipinski definition) is 1. The van der Waals surface area contributed by atoms with Crippen LogP contribution in [0, 0.1) is 12.8 Å². The molecule has 3 heterocycles. The van der Waals surface area contributed by atoms with Crippen molar-refractivity contribution in [2.75, 3.05) is 13.1 Å². The number of imidazole rings is 1. The van der Waals surface area contributed by atoms with E-state index < -0.39 is 0 Å². The molecular weight excluding hydrogens is 338 g/mol. The van der Waals surface area contributed by atoms with Crippen molar-refractivity contribution < 1.29 is 4.79 Å². The maximum absolute atomic E-state index is 12.3. The first kappa shape index (κ1) is 17.3. The van der Waals surface area contributed by atoms with Crippen molar-refractivity contribution in [2.24, 2.45) is 5.92 Å². The van der Waals surface area contributed by atoms with Gasteiger partial charge >= 0.3 is 6.03 Å². The number of pyridine rings is 1. The number of rotatable bonds is 5. The standard InChI is InChI=1S/C21H23N5O/c1-16-11-23-20(19-7-9-22-10-8-19)26(16)15-18-13-25(14-18)21(27)24-12-17-5-3-2-4-6-17/h2-11,18H,12-15H2,1H3,(H,24,27). The fourth-order valence-corrected chi connectivity index (χ4v) is 3.42. The van der Waals surface area contributed by atoms with Crippen LogP contribution in [-0.2, 0) is 13.1 Å². The van der Waals surface area contributed by atoms with Crippen LogP contribution in [0.4, 0.5) is 4.79 Å². The molecule has 0 atom stereocenters. The van der Waals surface area contributed by atoms with E-state index >= 15 is 0 Å². The molecule has 2 amide bonds. The summed E-state index contributed by atoms with van der Waals surface area (Å²) in [6.45, 7) is 5.04. The third-order valence-corrected chi connectivity index (χ3v) is 4.97. The molecule has 1 saturated heterocycles. The lowest BCUT2D eigenvalue weighted by Crippen LogP contribution is -2.54. The van der Waals surface area contributed by atoms with Gasteiger partial charge in [0.15, 0.2) is 0 Å². The first-order valence-electron chi connectivity index (χ1n) is 9.20. The Balaban J connectivity index is 1.32. The van der Waals surface area contributed by atoms with Crippen LogP contribution in [0.15, 0.2) is 61.1 Å². The zero-order valence-electron chi connectivity index (χ0n) is 15.4. The van der Waals surface area contributed by atoms with E-state index in [1.807, 2.05) is 53.6 Å². The lowest BCUT2D eigenvalue weighted by molar-refractivity contribution is 0.110. The van der Waals surface area contributed by atoms with Gasteiger partial charge in [0.2, 0.25) is 0 Å². The van der Waals surface area contributed by atoms with Crippen LogP contribution in [-0.4, -0.2) is 38.6 Å². The number of carbonyl (C=O) groups is 1. The Morgan fingerprint density at radius 3 is 2.63 bits per heavy atom. The van der Waals surface area contributed by atoms with Gasteiger partial charge in [-0.05, 0) is 24.6 Å². The number of aryl methyl sites for hydroxylation is 1. The Bertz CT molecular complexity index is 901. The molecule has 138 valence electrons. The topological polar surface area (TPSA) is 63.1 Å². The number of nitrogens with zero attached hydrogens (tertiary/aromatic N) is 4. The summed E-state index contributed by atoms with van der Waals surface area (Å²) in [5.74, 6) is 1.41. The van der Waals surface area contributed by atoms with Gasteiger partial charge in [0.1, 0.15) is 5.82 Å². The van der Waals surface area contributed by atoms with Gasteiger partial charge < -0.3 is 14.8 Å². The normalized spacial score (nSPS) is 14.0. The summed E-state index contributed by atoms with van der Waals surface area (Å²) < 4.78 is 2.24. The van der Waals surface area contributed by atoms with E-state index in [-0.39, 0.29) is 6.03 Å². The summed E-state index contributed by atoms with van der Waals surface area (Å²) in [6.07, 6.45) is 5.47. The van der Waals surface area contributed by atoms with Crippen LogP contribution in [0.3, 0.4) is 0 Å². The summed E-state index contributed by atoms with van der Waals surface area (Å²) in [5, 5.41) is 2.99. The number of hydrogen-bond acceptors (Lipinski definition) is 3. The van der Waals surface area contributed by atoms with Crippen LogP contribution >= 0.6 is 0 Å². The fraction of sp³-hybridized carbons (Fsp3) is 0.286. The van der Waals surface area contributed by atoms with Crippen molar-refractivity contribution in [1.82, 2.24) is 24.8 Å². The first-order valence-corrected chi connectivity index (χ1v) is 9.20. The highest BCUT2D eigenvalue weighted by molar-refractivity contribution is 5.75. The third kappa shape index (κ3) is 3.84. The van der Waals surface area contributed by atoms with Gasteiger partial charge in [-0.15, -0.1) is 0 Å². The molecule has 1 fully saturated rings. The number of benzene rings is 1. The van der Waals surface area contributed by atoms with Gasteiger partial charge in [-0.3, -0.25) is 4.98 Å². The van der Waals surface area contributed by atoms with Gasteiger partial charge in [0.05, 0.1) is 0 Å². The molecule has 1 aliphatic rings. The first-order chi connectivity index (χ1) is 13.2. The zero-order valence-corrected chi connectivity index (χ0v) is 15.4. The molecule has 1 aliphatic heterocycles. The fourth-order valence-electron chi connectivity index (χ4n) is 3.42. The molecular formula is C21H23N5O. The molecule has 4 rings (SSSR count). The van der Waals surface area contributed by atoms with Crippen molar-refractivity contribution in [3.63, 3.8) is 0 Å². The number of urea groups is 1. The molecule has 0 saturated carbocycles. The molecule has 27 heavy (non-hydrogen) atoms. The largest absolute Gasteiger partial charge is 0.334 e. The number of carbonyl (C=O) groups excluding carboxylic acids is 1. The Morgan fingerprint density at radius 2 is 1.89 bits per heavy atom. The number of amides is 2. The van der Waals surface area contributed by atoms with Crippen molar-refractivity contribution in [3.8, 4) is 11.4 Å². The van der Waals surface area contributed by atoms with E-state index in [9.17, 15) is 4.79 Å². The Morgan fingerprint density at radius 1 is 1.15 bits per heavy atom. The van der Waals surface area contributed by atoms with Gasteiger partial charge in [-0.2, -0.15) is 0 Å². The Hall–Kier alpha value is -3.15. The van der Waals surface area contributed by atoms with E-state index in [0.29, 0.717) is 12.5 Å². The average Bonchev–Trinajstić information content (AvgIpc) is 3.04. The predicted octanol–water partition coefficient (Wildman–Crippen LogP) is 3.10. The highest BCUT2D eigenvalue weighted by atomic mass is 16.2. The molecule has 6 heteroatoms. The molecule has 6 nitrogen and oxygen atoms in total. The second-order valence-electron chi connectivity index (χ2n) is 6.98. The second kappa shape index (κ2) is 7.61. The molecule has 0 radical (unpaired) electrons. The summed E-state index contributed by atoms with van der Waals surface area (Å²) in [4.78, 5) is 22.8. The lowest BCUT2D eigenvalue weighted by Gasteiger charge is -2.39. The molecule has 0 bridgehead atoms. The van der Waals surface area contributed by atoms with E-state index in [1.165, 1.54) is 0 Å². The van der Waals surface area contributed by atoms with Crippen LogP contribution < -0.4 is 5.32 Å².